The molecule has 6 heteroatoms. The van der Waals surface area contributed by atoms with Gasteiger partial charge in [-0.2, -0.15) is 0 Å². The molecule has 2 amide bonds. The summed E-state index contributed by atoms with van der Waals surface area (Å²) >= 11 is 7.67. The second-order valence-corrected chi connectivity index (χ2v) is 10.1. The first kappa shape index (κ1) is 26.8. The molecule has 0 saturated carbocycles. The van der Waals surface area contributed by atoms with Crippen molar-refractivity contribution in [3.05, 3.63) is 101 Å². The van der Waals surface area contributed by atoms with Crippen molar-refractivity contribution in [1.29, 1.82) is 0 Å². The van der Waals surface area contributed by atoms with E-state index in [1.165, 1.54) is 0 Å². The number of aryl methyl sites for hydroxylation is 1. The molecule has 1 atom stereocenters. The van der Waals surface area contributed by atoms with Gasteiger partial charge in [-0.3, -0.25) is 9.59 Å². The summed E-state index contributed by atoms with van der Waals surface area (Å²) in [6.45, 7) is 4.86. The van der Waals surface area contributed by atoms with E-state index in [9.17, 15) is 9.59 Å². The molecular weight excluding hydrogens is 476 g/mol. The average Bonchev–Trinajstić information content (AvgIpc) is 2.86. The van der Waals surface area contributed by atoms with Crippen molar-refractivity contribution < 1.29 is 9.59 Å². The Morgan fingerprint density at radius 2 is 1.69 bits per heavy atom. The Balaban J connectivity index is 1.76. The molecule has 0 aliphatic heterocycles. The standard InChI is InChI=1S/C29H33ClN2O2S/c1-3-31-29(34)27(20-23-10-5-4-6-11-23)32(21-24-12-7-9-22(2)19-24)28(33)13-8-18-35-26-16-14-25(30)15-17-26/h4-7,9-12,14-17,19,27H,3,8,13,18,20-21H2,1-2H3,(H,31,34)/t27-/m1/s1. The maximum Gasteiger partial charge on any atom is 0.243 e. The Bertz CT molecular complexity index is 1090. The number of halogens is 1. The van der Waals surface area contributed by atoms with Gasteiger partial charge in [-0.1, -0.05) is 71.8 Å². The van der Waals surface area contributed by atoms with Crippen LogP contribution in [0.4, 0.5) is 0 Å². The van der Waals surface area contributed by atoms with Crippen molar-refractivity contribution in [1.82, 2.24) is 10.2 Å². The lowest BCUT2D eigenvalue weighted by atomic mass is 10.0. The molecule has 3 rings (SSSR count). The van der Waals surface area contributed by atoms with Crippen molar-refractivity contribution in [2.75, 3.05) is 12.3 Å². The quantitative estimate of drug-likeness (QED) is 0.231. The Hall–Kier alpha value is -2.76. The molecule has 0 fully saturated rings. The lowest BCUT2D eigenvalue weighted by Gasteiger charge is -2.31. The lowest BCUT2D eigenvalue weighted by molar-refractivity contribution is -0.141. The van der Waals surface area contributed by atoms with Crippen LogP contribution in [0.1, 0.15) is 36.5 Å². The minimum absolute atomic E-state index is 0.00426. The fraction of sp³-hybridized carbons (Fsp3) is 0.310. The second-order valence-electron chi connectivity index (χ2n) is 8.52. The Kier molecular flexibility index (Phi) is 10.7. The molecule has 0 unspecified atom stereocenters. The van der Waals surface area contributed by atoms with E-state index in [0.29, 0.717) is 31.0 Å². The van der Waals surface area contributed by atoms with Crippen LogP contribution in [0.25, 0.3) is 0 Å². The van der Waals surface area contributed by atoms with Gasteiger partial charge in [0.2, 0.25) is 11.8 Å². The fourth-order valence-corrected chi connectivity index (χ4v) is 4.92. The summed E-state index contributed by atoms with van der Waals surface area (Å²) < 4.78 is 0. The molecular formula is C29H33ClN2O2S. The first-order valence-corrected chi connectivity index (χ1v) is 13.4. The smallest absolute Gasteiger partial charge is 0.243 e. The molecule has 3 aromatic carbocycles. The van der Waals surface area contributed by atoms with E-state index < -0.39 is 6.04 Å². The molecule has 0 bridgehead atoms. The van der Waals surface area contributed by atoms with Gasteiger partial charge in [-0.05, 0) is 61.4 Å². The van der Waals surface area contributed by atoms with Crippen LogP contribution in [-0.4, -0.2) is 35.1 Å². The van der Waals surface area contributed by atoms with E-state index in [1.54, 1.807) is 16.7 Å². The van der Waals surface area contributed by atoms with Crippen molar-refractivity contribution in [2.45, 2.75) is 50.6 Å². The van der Waals surface area contributed by atoms with Gasteiger partial charge >= 0.3 is 0 Å². The van der Waals surface area contributed by atoms with Gasteiger partial charge in [0, 0.05) is 35.8 Å². The highest BCUT2D eigenvalue weighted by Crippen LogP contribution is 2.22. The van der Waals surface area contributed by atoms with Gasteiger partial charge in [0.1, 0.15) is 6.04 Å². The summed E-state index contributed by atoms with van der Waals surface area (Å²) in [5, 5.41) is 3.66. The second kappa shape index (κ2) is 14.0. The zero-order valence-corrected chi connectivity index (χ0v) is 21.9. The Labute approximate surface area is 218 Å². The van der Waals surface area contributed by atoms with Crippen LogP contribution in [-0.2, 0) is 22.6 Å². The predicted octanol–water partition coefficient (Wildman–Crippen LogP) is 6.30. The molecule has 35 heavy (non-hydrogen) atoms. The Morgan fingerprint density at radius 3 is 2.37 bits per heavy atom. The maximum absolute atomic E-state index is 13.5. The largest absolute Gasteiger partial charge is 0.355 e. The number of nitrogens with zero attached hydrogens (tertiary/aromatic N) is 1. The van der Waals surface area contributed by atoms with Crippen LogP contribution in [0.2, 0.25) is 5.02 Å². The predicted molar refractivity (Wildman–Crippen MR) is 146 cm³/mol. The van der Waals surface area contributed by atoms with Crippen molar-refractivity contribution >= 4 is 35.2 Å². The molecule has 0 spiro atoms. The highest BCUT2D eigenvalue weighted by molar-refractivity contribution is 7.99. The highest BCUT2D eigenvalue weighted by Gasteiger charge is 2.29. The monoisotopic (exact) mass is 508 g/mol. The van der Waals surface area contributed by atoms with Crippen LogP contribution in [0.15, 0.2) is 83.8 Å². The summed E-state index contributed by atoms with van der Waals surface area (Å²) in [4.78, 5) is 29.6. The molecule has 0 heterocycles. The van der Waals surface area contributed by atoms with E-state index in [2.05, 4.69) is 11.4 Å². The zero-order valence-electron chi connectivity index (χ0n) is 20.4. The molecule has 1 N–H and O–H groups in total. The highest BCUT2D eigenvalue weighted by atomic mass is 35.5. The van der Waals surface area contributed by atoms with Gasteiger partial charge in [0.05, 0.1) is 0 Å². The molecule has 4 nitrogen and oxygen atoms in total. The van der Waals surface area contributed by atoms with Crippen molar-refractivity contribution in [3.63, 3.8) is 0 Å². The van der Waals surface area contributed by atoms with Gasteiger partial charge in [0.25, 0.3) is 0 Å². The fourth-order valence-electron chi connectivity index (χ4n) is 3.94. The van der Waals surface area contributed by atoms with E-state index in [4.69, 9.17) is 11.6 Å². The van der Waals surface area contributed by atoms with Crippen LogP contribution in [0.5, 0.6) is 0 Å². The van der Waals surface area contributed by atoms with E-state index >= 15 is 0 Å². The number of rotatable bonds is 12. The number of amides is 2. The normalized spacial score (nSPS) is 11.6. The van der Waals surface area contributed by atoms with E-state index in [-0.39, 0.29) is 11.8 Å². The van der Waals surface area contributed by atoms with Gasteiger partial charge in [-0.25, -0.2) is 0 Å². The van der Waals surface area contributed by atoms with Crippen LogP contribution >= 0.6 is 23.4 Å². The molecule has 0 aromatic heterocycles. The maximum atomic E-state index is 13.5. The third-order valence-electron chi connectivity index (χ3n) is 5.67. The van der Waals surface area contributed by atoms with Gasteiger partial charge in [-0.15, -0.1) is 11.8 Å². The topological polar surface area (TPSA) is 49.4 Å². The molecule has 0 aliphatic carbocycles. The van der Waals surface area contributed by atoms with Crippen LogP contribution in [0, 0.1) is 6.92 Å². The number of carbonyl (C=O) groups excluding carboxylic acids is 2. The van der Waals surface area contributed by atoms with E-state index in [1.807, 2.05) is 86.6 Å². The van der Waals surface area contributed by atoms with Crippen molar-refractivity contribution in [3.8, 4) is 0 Å². The number of hydrogen-bond acceptors (Lipinski definition) is 3. The number of likely N-dealkylation sites (N-methyl/N-ethyl adjacent to an activating group) is 1. The molecule has 3 aromatic rings. The first-order valence-electron chi connectivity index (χ1n) is 12.0. The molecule has 0 saturated heterocycles. The lowest BCUT2D eigenvalue weighted by Crippen LogP contribution is -2.50. The zero-order chi connectivity index (χ0) is 25.0. The number of carbonyl (C=O) groups is 2. The first-order chi connectivity index (χ1) is 17.0. The molecule has 0 aliphatic rings. The summed E-state index contributed by atoms with van der Waals surface area (Å²) in [6.07, 6.45) is 1.59. The van der Waals surface area contributed by atoms with Gasteiger partial charge < -0.3 is 10.2 Å². The minimum Gasteiger partial charge on any atom is -0.355 e. The van der Waals surface area contributed by atoms with Gasteiger partial charge in [0.15, 0.2) is 0 Å². The number of nitrogens with one attached hydrogen (secondary N) is 1. The third kappa shape index (κ3) is 8.75. The summed E-state index contributed by atoms with van der Waals surface area (Å²) in [5.41, 5.74) is 3.19. The Morgan fingerprint density at radius 1 is 0.971 bits per heavy atom. The summed E-state index contributed by atoms with van der Waals surface area (Å²) in [6, 6.07) is 25.2. The van der Waals surface area contributed by atoms with E-state index in [0.717, 1.165) is 33.8 Å². The summed E-state index contributed by atoms with van der Waals surface area (Å²) in [5.74, 6) is 0.694. The SMILES string of the molecule is CCNC(=O)[C@@H](Cc1ccccc1)N(Cc1cccc(C)c1)C(=O)CCCSc1ccc(Cl)cc1. The molecule has 184 valence electrons. The van der Waals surface area contributed by atoms with Crippen LogP contribution in [0.3, 0.4) is 0 Å². The average molecular weight is 509 g/mol. The number of thioether (sulfide) groups is 1. The minimum atomic E-state index is -0.575. The number of benzene rings is 3. The van der Waals surface area contributed by atoms with Crippen molar-refractivity contribution in [2.24, 2.45) is 0 Å². The summed E-state index contributed by atoms with van der Waals surface area (Å²) in [7, 11) is 0. The molecule has 0 radical (unpaired) electrons. The third-order valence-corrected chi connectivity index (χ3v) is 7.03. The number of hydrogen-bond donors (Lipinski definition) is 1. The van der Waals surface area contributed by atoms with Crippen LogP contribution < -0.4 is 5.32 Å².